The van der Waals surface area contributed by atoms with Crippen molar-refractivity contribution in [3.63, 3.8) is 0 Å². The molecule has 1 heterocycles. The lowest BCUT2D eigenvalue weighted by atomic mass is 9.82. The van der Waals surface area contributed by atoms with Crippen LogP contribution in [0.4, 0.5) is 4.79 Å². The second kappa shape index (κ2) is 9.58. The van der Waals surface area contributed by atoms with Crippen molar-refractivity contribution >= 4 is 34.9 Å². The summed E-state index contributed by atoms with van der Waals surface area (Å²) >= 11 is 0. The lowest BCUT2D eigenvalue weighted by Crippen LogP contribution is -2.45. The molecule has 8 heteroatoms. The lowest BCUT2D eigenvalue weighted by molar-refractivity contribution is -0.130. The molecule has 184 valence electrons. The van der Waals surface area contributed by atoms with Crippen molar-refractivity contribution in [2.24, 2.45) is 10.9 Å². The number of benzene rings is 4. The molecule has 0 aliphatic carbocycles. The first-order valence-corrected chi connectivity index (χ1v) is 11.6. The van der Waals surface area contributed by atoms with Crippen LogP contribution in [0.1, 0.15) is 32.6 Å². The van der Waals surface area contributed by atoms with Gasteiger partial charge in [-0.3, -0.25) is 9.69 Å². The maximum Gasteiger partial charge on any atom is 0.337 e. The van der Waals surface area contributed by atoms with Crippen LogP contribution < -0.4 is 11.2 Å². The van der Waals surface area contributed by atoms with Crippen molar-refractivity contribution in [3.05, 3.63) is 119 Å². The molecular weight excluding hydrogens is 468 g/mol. The van der Waals surface area contributed by atoms with Crippen molar-refractivity contribution in [3.8, 4) is 0 Å². The third-order valence-corrected chi connectivity index (χ3v) is 6.52. The topological polar surface area (TPSA) is 114 Å². The Hall–Kier alpha value is -4.98. The van der Waals surface area contributed by atoms with Crippen LogP contribution in [0.2, 0.25) is 0 Å². The van der Waals surface area contributed by atoms with E-state index < -0.39 is 23.4 Å². The van der Waals surface area contributed by atoms with Crippen LogP contribution in [0.5, 0.6) is 0 Å². The average Bonchev–Trinajstić information content (AvgIpc) is 3.19. The first-order valence-electron chi connectivity index (χ1n) is 11.6. The zero-order chi connectivity index (χ0) is 26.0. The van der Waals surface area contributed by atoms with Gasteiger partial charge in [-0.25, -0.2) is 9.59 Å². The molecule has 4 aromatic rings. The molecule has 1 fully saturated rings. The zero-order valence-electron chi connectivity index (χ0n) is 20.0. The van der Waals surface area contributed by atoms with Crippen molar-refractivity contribution in [2.75, 3.05) is 7.11 Å². The van der Waals surface area contributed by atoms with Crippen LogP contribution in [0.15, 0.2) is 96.1 Å². The third kappa shape index (κ3) is 4.18. The quantitative estimate of drug-likeness (QED) is 0.139. The molecule has 1 aliphatic rings. The van der Waals surface area contributed by atoms with Crippen molar-refractivity contribution in [1.29, 1.82) is 0 Å². The van der Waals surface area contributed by atoms with E-state index in [9.17, 15) is 14.4 Å². The molecule has 37 heavy (non-hydrogen) atoms. The Kier molecular flexibility index (Phi) is 6.15. The molecule has 4 aromatic carbocycles. The molecule has 3 amide bonds. The Bertz CT molecular complexity index is 1550. The molecular formula is C29H24N4O4. The van der Waals surface area contributed by atoms with Crippen LogP contribution >= 0.6 is 0 Å². The van der Waals surface area contributed by atoms with Gasteiger partial charge >= 0.3 is 12.0 Å². The summed E-state index contributed by atoms with van der Waals surface area (Å²) in [6, 6.07) is 26.6. The maximum absolute atomic E-state index is 14.1. The molecule has 0 aromatic heterocycles. The van der Waals surface area contributed by atoms with Gasteiger partial charge in [0.2, 0.25) is 0 Å². The summed E-state index contributed by atoms with van der Waals surface area (Å²) in [5.74, 6) is 4.32. The molecule has 5 rings (SSSR count). The van der Waals surface area contributed by atoms with E-state index in [1.165, 1.54) is 12.0 Å². The van der Waals surface area contributed by atoms with Crippen molar-refractivity contribution in [1.82, 2.24) is 10.2 Å². The highest BCUT2D eigenvalue weighted by molar-refractivity contribution is 6.09. The number of carbonyl (C=O) groups is 3. The number of esters is 1. The number of hydrogen-bond acceptors (Lipinski definition) is 6. The Labute approximate surface area is 213 Å². The van der Waals surface area contributed by atoms with Gasteiger partial charge in [-0.2, -0.15) is 5.10 Å². The standard InChI is InChI=1S/C29H24N4O4/c1-37-26(34)22-6-5-9-25(16-22)29(24-7-3-2-4-8-24)27(35)33(28(36)32-29)18-20-11-13-21-12-10-19(17-31-30)14-23(21)15-20/h2-17H,18,30H2,1H3,(H,32,36). The van der Waals surface area contributed by atoms with Crippen LogP contribution in [-0.4, -0.2) is 36.1 Å². The van der Waals surface area contributed by atoms with Crippen LogP contribution in [-0.2, 0) is 21.6 Å². The third-order valence-electron chi connectivity index (χ3n) is 6.52. The second-order valence-corrected chi connectivity index (χ2v) is 8.73. The number of urea groups is 1. The van der Waals surface area contributed by atoms with Gasteiger partial charge in [-0.05, 0) is 57.3 Å². The van der Waals surface area contributed by atoms with Crippen molar-refractivity contribution < 1.29 is 19.1 Å². The molecule has 0 radical (unpaired) electrons. The Balaban J connectivity index is 1.56. The normalized spacial score (nSPS) is 17.4. The number of nitrogens with one attached hydrogen (secondary N) is 1. The van der Waals surface area contributed by atoms with Gasteiger partial charge in [-0.1, -0.05) is 66.7 Å². The van der Waals surface area contributed by atoms with Gasteiger partial charge in [0.15, 0.2) is 5.54 Å². The van der Waals surface area contributed by atoms with Gasteiger partial charge in [0.25, 0.3) is 5.91 Å². The monoisotopic (exact) mass is 492 g/mol. The van der Waals surface area contributed by atoms with E-state index in [0.717, 1.165) is 21.9 Å². The summed E-state index contributed by atoms with van der Waals surface area (Å²) in [5, 5.41) is 8.44. The van der Waals surface area contributed by atoms with E-state index in [1.54, 1.807) is 54.7 Å². The predicted octanol–water partition coefficient (Wildman–Crippen LogP) is 3.91. The minimum Gasteiger partial charge on any atom is -0.465 e. The number of imide groups is 1. The summed E-state index contributed by atoms with van der Waals surface area (Å²) in [4.78, 5) is 40.8. The van der Waals surface area contributed by atoms with Crippen LogP contribution in [0.25, 0.3) is 10.8 Å². The fraction of sp³-hybridized carbons (Fsp3) is 0.103. The number of methoxy groups -OCH3 is 1. The fourth-order valence-corrected chi connectivity index (χ4v) is 4.72. The van der Waals surface area contributed by atoms with E-state index >= 15 is 0 Å². The largest absolute Gasteiger partial charge is 0.465 e. The van der Waals surface area contributed by atoms with E-state index in [4.69, 9.17) is 10.6 Å². The number of ether oxygens (including phenoxy) is 1. The molecule has 0 bridgehead atoms. The first-order chi connectivity index (χ1) is 18.0. The lowest BCUT2D eigenvalue weighted by Gasteiger charge is -2.28. The highest BCUT2D eigenvalue weighted by Gasteiger charge is 2.53. The minimum absolute atomic E-state index is 0.0705. The van der Waals surface area contributed by atoms with Gasteiger partial charge in [0, 0.05) is 0 Å². The smallest absolute Gasteiger partial charge is 0.337 e. The van der Waals surface area contributed by atoms with Crippen LogP contribution in [0.3, 0.4) is 0 Å². The van der Waals surface area contributed by atoms with E-state index in [-0.39, 0.29) is 12.1 Å². The van der Waals surface area contributed by atoms with E-state index in [1.807, 2.05) is 42.5 Å². The summed E-state index contributed by atoms with van der Waals surface area (Å²) < 4.78 is 4.86. The fourth-order valence-electron chi connectivity index (χ4n) is 4.72. The number of fused-ring (bicyclic) bond motifs is 1. The Morgan fingerprint density at radius 3 is 2.46 bits per heavy atom. The van der Waals surface area contributed by atoms with Gasteiger partial charge in [0.05, 0.1) is 25.4 Å². The Morgan fingerprint density at radius 2 is 1.70 bits per heavy atom. The molecule has 1 saturated heterocycles. The van der Waals surface area contributed by atoms with Gasteiger partial charge in [0.1, 0.15) is 0 Å². The minimum atomic E-state index is -1.50. The molecule has 3 N–H and O–H groups in total. The molecule has 0 saturated carbocycles. The number of hydrazone groups is 1. The SMILES string of the molecule is COC(=O)c1cccc(C2(c3ccccc3)NC(=O)N(Cc3ccc4ccc(C=NN)cc4c3)C2=O)c1. The maximum atomic E-state index is 14.1. The molecule has 0 spiro atoms. The highest BCUT2D eigenvalue weighted by atomic mass is 16.5. The summed E-state index contributed by atoms with van der Waals surface area (Å²) in [7, 11) is 1.29. The summed E-state index contributed by atoms with van der Waals surface area (Å²) in [6.45, 7) is 0.0705. The van der Waals surface area contributed by atoms with Crippen molar-refractivity contribution in [2.45, 2.75) is 12.1 Å². The highest BCUT2D eigenvalue weighted by Crippen LogP contribution is 2.37. The predicted molar refractivity (Wildman–Crippen MR) is 140 cm³/mol. The summed E-state index contributed by atoms with van der Waals surface area (Å²) in [5.41, 5.74) is 1.46. The molecule has 1 atom stereocenters. The molecule has 1 unspecified atom stereocenters. The zero-order valence-corrected chi connectivity index (χ0v) is 20.0. The number of amides is 3. The van der Waals surface area contributed by atoms with E-state index in [0.29, 0.717) is 11.1 Å². The number of nitrogens with zero attached hydrogens (tertiary/aromatic N) is 2. The average molecular weight is 493 g/mol. The van der Waals surface area contributed by atoms with E-state index in [2.05, 4.69) is 10.4 Å². The summed E-state index contributed by atoms with van der Waals surface area (Å²) in [6.07, 6.45) is 1.56. The van der Waals surface area contributed by atoms with Gasteiger partial charge in [-0.15, -0.1) is 0 Å². The number of carbonyl (C=O) groups excluding carboxylic acids is 3. The second-order valence-electron chi connectivity index (χ2n) is 8.73. The van der Waals surface area contributed by atoms with Crippen LogP contribution in [0, 0.1) is 0 Å². The Morgan fingerprint density at radius 1 is 0.946 bits per heavy atom. The number of rotatable bonds is 6. The molecule has 8 nitrogen and oxygen atoms in total. The number of hydrogen-bond donors (Lipinski definition) is 2. The first kappa shape index (κ1) is 23.7. The number of nitrogens with two attached hydrogens (primary N) is 1. The van der Waals surface area contributed by atoms with Gasteiger partial charge < -0.3 is 15.9 Å². The molecule has 1 aliphatic heterocycles.